The van der Waals surface area contributed by atoms with Gasteiger partial charge in [-0.2, -0.15) is 0 Å². The first-order valence-corrected chi connectivity index (χ1v) is 3.66. The highest BCUT2D eigenvalue weighted by atomic mass is 16.2. The van der Waals surface area contributed by atoms with Gasteiger partial charge in [-0.25, -0.2) is 4.79 Å². The average molecular weight is 180 g/mol. The molecule has 5 nitrogen and oxygen atoms in total. The summed E-state index contributed by atoms with van der Waals surface area (Å²) in [5.41, 5.74) is -0.889. The third-order valence-corrected chi connectivity index (χ3v) is 1.28. The summed E-state index contributed by atoms with van der Waals surface area (Å²) in [7, 11) is 0. The zero-order valence-corrected chi connectivity index (χ0v) is 6.76. The Labute approximate surface area is 73.4 Å². The lowest BCUT2D eigenvalue weighted by Gasteiger charge is -1.86. The van der Waals surface area contributed by atoms with Gasteiger partial charge < -0.3 is 10.1 Å². The number of hydrogen-bond donors (Lipinski definition) is 3. The molecule has 0 unspecified atom stereocenters. The summed E-state index contributed by atoms with van der Waals surface area (Å²) in [6.07, 6.45) is 1.55. The molecule has 68 valence electrons. The zero-order valence-electron chi connectivity index (χ0n) is 6.76. The highest BCUT2D eigenvalue weighted by molar-refractivity contribution is 5.28. The van der Waals surface area contributed by atoms with Crippen LogP contribution in [0.4, 0.5) is 0 Å². The van der Waals surface area contributed by atoms with Crippen molar-refractivity contribution in [1.29, 1.82) is 0 Å². The van der Waals surface area contributed by atoms with Gasteiger partial charge in [0, 0.05) is 12.6 Å². The van der Waals surface area contributed by atoms with E-state index in [2.05, 4.69) is 16.8 Å². The summed E-state index contributed by atoms with van der Waals surface area (Å²) in [5.74, 6) is 5.09. The molecule has 0 radical (unpaired) electrons. The molecule has 0 aliphatic rings. The van der Waals surface area contributed by atoms with Gasteiger partial charge in [-0.15, -0.1) is 0 Å². The molecular formula is C8H8N2O3. The van der Waals surface area contributed by atoms with Crippen molar-refractivity contribution in [1.82, 2.24) is 9.97 Å². The number of aromatic amines is 2. The maximum atomic E-state index is 11.0. The van der Waals surface area contributed by atoms with Crippen LogP contribution in [-0.2, 0) is 0 Å². The van der Waals surface area contributed by atoms with Crippen molar-refractivity contribution in [3.8, 4) is 11.8 Å². The monoisotopic (exact) mass is 180 g/mol. The van der Waals surface area contributed by atoms with Crippen molar-refractivity contribution in [2.45, 2.75) is 6.42 Å². The molecule has 1 aromatic rings. The molecule has 0 bridgehead atoms. The fraction of sp³-hybridized carbons (Fsp3) is 0.250. The van der Waals surface area contributed by atoms with Crippen LogP contribution in [0.15, 0.2) is 15.8 Å². The van der Waals surface area contributed by atoms with E-state index in [4.69, 9.17) is 5.11 Å². The van der Waals surface area contributed by atoms with Gasteiger partial charge in [-0.3, -0.25) is 9.78 Å². The fourth-order valence-corrected chi connectivity index (χ4v) is 0.716. The maximum absolute atomic E-state index is 11.0. The van der Waals surface area contributed by atoms with E-state index < -0.39 is 11.2 Å². The molecule has 0 amide bonds. The number of aliphatic hydroxyl groups excluding tert-OH is 1. The van der Waals surface area contributed by atoms with Gasteiger partial charge in [0.1, 0.15) is 5.56 Å². The number of H-pyrrole nitrogens is 2. The Morgan fingerprint density at radius 1 is 1.46 bits per heavy atom. The highest BCUT2D eigenvalue weighted by Gasteiger charge is 1.93. The molecule has 13 heavy (non-hydrogen) atoms. The summed E-state index contributed by atoms with van der Waals surface area (Å²) < 4.78 is 0. The highest BCUT2D eigenvalue weighted by Crippen LogP contribution is 1.79. The fourth-order valence-electron chi connectivity index (χ4n) is 0.716. The molecule has 0 saturated heterocycles. The molecule has 1 aromatic heterocycles. The normalized spacial score (nSPS) is 9.00. The molecule has 1 heterocycles. The third-order valence-electron chi connectivity index (χ3n) is 1.28. The number of rotatable bonds is 1. The first-order valence-electron chi connectivity index (χ1n) is 3.66. The summed E-state index contributed by atoms with van der Waals surface area (Å²) in [4.78, 5) is 25.9. The molecule has 0 aliphatic carbocycles. The predicted octanol–water partition coefficient (Wildman–Crippen LogP) is -1.20. The van der Waals surface area contributed by atoms with Gasteiger partial charge in [0.2, 0.25) is 0 Å². The Balaban J connectivity index is 2.99. The minimum Gasteiger partial charge on any atom is -0.395 e. The van der Waals surface area contributed by atoms with Crippen LogP contribution in [0.25, 0.3) is 0 Å². The van der Waals surface area contributed by atoms with Crippen molar-refractivity contribution >= 4 is 0 Å². The Morgan fingerprint density at radius 3 is 2.85 bits per heavy atom. The van der Waals surface area contributed by atoms with Crippen molar-refractivity contribution in [2.24, 2.45) is 0 Å². The maximum Gasteiger partial charge on any atom is 0.325 e. The van der Waals surface area contributed by atoms with Gasteiger partial charge >= 0.3 is 5.69 Å². The quantitative estimate of drug-likeness (QED) is 0.474. The summed E-state index contributed by atoms with van der Waals surface area (Å²) in [6.45, 7) is -0.0474. The van der Waals surface area contributed by atoms with E-state index >= 15 is 0 Å². The first-order chi connectivity index (χ1) is 6.24. The molecule has 0 fully saturated rings. The van der Waals surface area contributed by atoms with Gasteiger partial charge in [0.25, 0.3) is 5.56 Å². The lowest BCUT2D eigenvalue weighted by atomic mass is 10.3. The standard InChI is InChI=1S/C8H8N2O3/c11-4-2-1-3-6-5-9-8(13)10-7(6)12/h5,11H,2,4H2,(H2,9,10,12,13). The Kier molecular flexibility index (Phi) is 3.06. The molecule has 0 aromatic carbocycles. The van der Waals surface area contributed by atoms with Crippen molar-refractivity contribution < 1.29 is 5.11 Å². The van der Waals surface area contributed by atoms with Crippen LogP contribution in [0.1, 0.15) is 12.0 Å². The molecule has 0 aliphatic heterocycles. The van der Waals surface area contributed by atoms with E-state index in [1.165, 1.54) is 6.20 Å². The molecule has 1 rings (SSSR count). The molecule has 0 atom stereocenters. The Bertz CT molecular complexity index is 447. The van der Waals surface area contributed by atoms with Crippen LogP contribution in [0.2, 0.25) is 0 Å². The number of nitrogens with one attached hydrogen (secondary N) is 2. The number of hydrogen-bond acceptors (Lipinski definition) is 3. The van der Waals surface area contributed by atoms with Crippen LogP contribution in [-0.4, -0.2) is 21.7 Å². The topological polar surface area (TPSA) is 85.9 Å². The lowest BCUT2D eigenvalue weighted by Crippen LogP contribution is -2.23. The summed E-state index contributed by atoms with van der Waals surface area (Å²) in [6, 6.07) is 0. The van der Waals surface area contributed by atoms with Gasteiger partial charge in [0.15, 0.2) is 0 Å². The van der Waals surface area contributed by atoms with Crippen LogP contribution >= 0.6 is 0 Å². The van der Waals surface area contributed by atoms with Crippen LogP contribution in [0.5, 0.6) is 0 Å². The molecule has 0 saturated carbocycles. The van der Waals surface area contributed by atoms with E-state index in [0.717, 1.165) is 0 Å². The predicted molar refractivity (Wildman–Crippen MR) is 46.3 cm³/mol. The molecule has 0 spiro atoms. The van der Waals surface area contributed by atoms with E-state index in [1.807, 2.05) is 4.98 Å². The van der Waals surface area contributed by atoms with E-state index in [-0.39, 0.29) is 12.2 Å². The van der Waals surface area contributed by atoms with Gasteiger partial charge in [-0.05, 0) is 0 Å². The van der Waals surface area contributed by atoms with Crippen LogP contribution in [0, 0.1) is 11.8 Å². The van der Waals surface area contributed by atoms with Crippen molar-refractivity contribution in [3.05, 3.63) is 32.6 Å². The van der Waals surface area contributed by atoms with E-state index in [0.29, 0.717) is 6.42 Å². The average Bonchev–Trinajstić information content (AvgIpc) is 2.09. The lowest BCUT2D eigenvalue weighted by molar-refractivity contribution is 0.305. The molecule has 3 N–H and O–H groups in total. The largest absolute Gasteiger partial charge is 0.395 e. The van der Waals surface area contributed by atoms with Gasteiger partial charge in [-0.1, -0.05) is 11.8 Å². The first kappa shape index (κ1) is 9.29. The number of aromatic nitrogens is 2. The SMILES string of the molecule is O=c1[nH]cc(C#CCCO)c(=O)[nH]1. The van der Waals surface area contributed by atoms with E-state index in [9.17, 15) is 9.59 Å². The van der Waals surface area contributed by atoms with Crippen molar-refractivity contribution in [2.75, 3.05) is 6.61 Å². The third kappa shape index (κ3) is 2.61. The minimum absolute atomic E-state index is 0.0474. The Hall–Kier alpha value is -1.80. The summed E-state index contributed by atoms with van der Waals surface area (Å²) in [5, 5.41) is 8.41. The second kappa shape index (κ2) is 4.28. The summed E-state index contributed by atoms with van der Waals surface area (Å²) >= 11 is 0. The number of aliphatic hydroxyl groups is 1. The smallest absolute Gasteiger partial charge is 0.325 e. The van der Waals surface area contributed by atoms with Crippen molar-refractivity contribution in [3.63, 3.8) is 0 Å². The second-order valence-corrected chi connectivity index (χ2v) is 2.26. The molecular weight excluding hydrogens is 172 g/mol. The van der Waals surface area contributed by atoms with E-state index in [1.54, 1.807) is 0 Å². The van der Waals surface area contributed by atoms with Gasteiger partial charge in [0.05, 0.1) is 6.61 Å². The zero-order chi connectivity index (χ0) is 9.68. The van der Waals surface area contributed by atoms with Crippen LogP contribution < -0.4 is 11.2 Å². The van der Waals surface area contributed by atoms with Crippen LogP contribution in [0.3, 0.4) is 0 Å². The minimum atomic E-state index is -0.558. The second-order valence-electron chi connectivity index (χ2n) is 2.26. The Morgan fingerprint density at radius 2 is 2.23 bits per heavy atom. The molecule has 5 heteroatoms.